The van der Waals surface area contributed by atoms with E-state index in [-0.39, 0.29) is 6.61 Å². The van der Waals surface area contributed by atoms with Gasteiger partial charge in [-0.05, 0) is 23.9 Å². The number of ether oxygens (including phenoxy) is 1. The molecule has 3 N–H and O–H groups in total. The van der Waals surface area contributed by atoms with Crippen LogP contribution in [0.2, 0.25) is 0 Å². The number of aromatic nitrogens is 4. The van der Waals surface area contributed by atoms with Gasteiger partial charge < -0.3 is 20.1 Å². The number of fused-ring (bicyclic) bond motifs is 1. The summed E-state index contributed by atoms with van der Waals surface area (Å²) in [5.74, 6) is 0. The van der Waals surface area contributed by atoms with Gasteiger partial charge in [0, 0.05) is 0 Å². The molecule has 3 aromatic rings. The van der Waals surface area contributed by atoms with Crippen molar-refractivity contribution in [3.63, 3.8) is 0 Å². The molecular formula is C15H16N4O4S. The molecule has 1 aliphatic rings. The first-order chi connectivity index (χ1) is 11.6. The molecule has 0 aliphatic carbocycles. The maximum absolute atomic E-state index is 10.2. The molecule has 4 heterocycles. The monoisotopic (exact) mass is 348 g/mol. The molecular weight excluding hydrogens is 332 g/mol. The highest BCUT2D eigenvalue weighted by Crippen LogP contribution is 2.34. The molecule has 4 rings (SSSR count). The van der Waals surface area contributed by atoms with E-state index in [0.717, 1.165) is 10.4 Å². The average molecular weight is 348 g/mol. The highest BCUT2D eigenvalue weighted by Gasteiger charge is 2.44. The van der Waals surface area contributed by atoms with E-state index in [1.807, 2.05) is 18.4 Å². The number of hydrogen-bond acceptors (Lipinski definition) is 8. The fourth-order valence-corrected chi connectivity index (χ4v) is 3.78. The van der Waals surface area contributed by atoms with E-state index in [9.17, 15) is 15.3 Å². The van der Waals surface area contributed by atoms with Crippen LogP contribution in [0.15, 0.2) is 24.1 Å². The smallest absolute Gasteiger partial charge is 0.166 e. The van der Waals surface area contributed by atoms with Gasteiger partial charge in [-0.2, -0.15) is 0 Å². The van der Waals surface area contributed by atoms with Crippen molar-refractivity contribution >= 4 is 22.5 Å². The van der Waals surface area contributed by atoms with Crippen LogP contribution in [-0.4, -0.2) is 59.8 Å². The number of imidazole rings is 1. The van der Waals surface area contributed by atoms with Gasteiger partial charge in [0.25, 0.3) is 0 Å². The van der Waals surface area contributed by atoms with Crippen LogP contribution in [0.25, 0.3) is 21.7 Å². The first kappa shape index (κ1) is 15.6. The molecule has 0 saturated carbocycles. The lowest BCUT2D eigenvalue weighted by Gasteiger charge is -2.16. The number of rotatable bonds is 3. The average Bonchev–Trinajstić information content (AvgIpc) is 3.27. The lowest BCUT2D eigenvalue weighted by Crippen LogP contribution is -2.33. The van der Waals surface area contributed by atoms with Crippen molar-refractivity contribution in [2.24, 2.45) is 0 Å². The Balaban J connectivity index is 1.79. The maximum Gasteiger partial charge on any atom is 0.166 e. The lowest BCUT2D eigenvalue weighted by molar-refractivity contribution is -0.0511. The molecule has 126 valence electrons. The van der Waals surface area contributed by atoms with E-state index in [1.54, 1.807) is 15.9 Å². The third-order valence-corrected chi connectivity index (χ3v) is 5.17. The Labute approximate surface area is 141 Å². The van der Waals surface area contributed by atoms with E-state index in [0.29, 0.717) is 16.9 Å². The Morgan fingerprint density at radius 2 is 2.08 bits per heavy atom. The minimum atomic E-state index is -1.18. The van der Waals surface area contributed by atoms with E-state index in [4.69, 9.17) is 4.74 Å². The molecule has 4 atom stereocenters. The number of thiophene rings is 1. The molecule has 0 spiro atoms. The van der Waals surface area contributed by atoms with Gasteiger partial charge in [0.2, 0.25) is 0 Å². The number of nitrogens with zero attached hydrogens (tertiary/aromatic N) is 4. The first-order valence-electron chi connectivity index (χ1n) is 7.45. The van der Waals surface area contributed by atoms with E-state index in [1.165, 1.54) is 12.7 Å². The molecule has 1 aliphatic heterocycles. The molecule has 0 bridgehead atoms. The van der Waals surface area contributed by atoms with E-state index in [2.05, 4.69) is 15.0 Å². The molecule has 0 amide bonds. The van der Waals surface area contributed by atoms with Crippen LogP contribution >= 0.6 is 11.3 Å². The first-order valence-corrected chi connectivity index (χ1v) is 8.33. The zero-order valence-electron chi connectivity index (χ0n) is 12.8. The van der Waals surface area contributed by atoms with Gasteiger partial charge in [-0.1, -0.05) is 0 Å². The Hall–Kier alpha value is -1.91. The summed E-state index contributed by atoms with van der Waals surface area (Å²) in [5.41, 5.74) is 2.95. The van der Waals surface area contributed by atoms with Crippen LogP contribution in [-0.2, 0) is 4.74 Å². The predicted molar refractivity (Wildman–Crippen MR) is 86.4 cm³/mol. The summed E-state index contributed by atoms with van der Waals surface area (Å²) in [6.07, 6.45) is -1.12. The molecule has 1 saturated heterocycles. The Bertz CT molecular complexity index is 879. The second-order valence-electron chi connectivity index (χ2n) is 5.76. The quantitative estimate of drug-likeness (QED) is 0.631. The number of hydrogen-bond donors (Lipinski definition) is 3. The van der Waals surface area contributed by atoms with Crippen molar-refractivity contribution in [3.05, 3.63) is 29.7 Å². The van der Waals surface area contributed by atoms with E-state index >= 15 is 0 Å². The van der Waals surface area contributed by atoms with Crippen molar-refractivity contribution in [1.82, 2.24) is 19.5 Å². The maximum atomic E-state index is 10.2. The van der Waals surface area contributed by atoms with Crippen LogP contribution in [0, 0.1) is 6.92 Å². The molecule has 0 aromatic carbocycles. The summed E-state index contributed by atoms with van der Waals surface area (Å²) in [7, 11) is 0. The third-order valence-electron chi connectivity index (χ3n) is 4.11. The van der Waals surface area contributed by atoms with Crippen LogP contribution in [0.3, 0.4) is 0 Å². The second-order valence-corrected chi connectivity index (χ2v) is 6.67. The van der Waals surface area contributed by atoms with Crippen molar-refractivity contribution in [2.45, 2.75) is 31.5 Å². The Morgan fingerprint density at radius 1 is 1.25 bits per heavy atom. The molecule has 9 heteroatoms. The zero-order chi connectivity index (χ0) is 16.8. The highest BCUT2D eigenvalue weighted by atomic mass is 32.1. The van der Waals surface area contributed by atoms with Crippen molar-refractivity contribution < 1.29 is 20.1 Å². The van der Waals surface area contributed by atoms with Gasteiger partial charge in [-0.25, -0.2) is 15.0 Å². The summed E-state index contributed by atoms with van der Waals surface area (Å²) < 4.78 is 7.11. The fourth-order valence-electron chi connectivity index (χ4n) is 2.88. The lowest BCUT2D eigenvalue weighted by atomic mass is 10.1. The van der Waals surface area contributed by atoms with Crippen LogP contribution in [0.5, 0.6) is 0 Å². The van der Waals surface area contributed by atoms with Crippen molar-refractivity contribution in [1.29, 1.82) is 0 Å². The Kier molecular flexibility index (Phi) is 3.82. The number of aryl methyl sites for hydroxylation is 1. The topological polar surface area (TPSA) is 114 Å². The molecule has 3 aromatic heterocycles. The van der Waals surface area contributed by atoms with Gasteiger partial charge in [-0.15, -0.1) is 11.3 Å². The summed E-state index contributed by atoms with van der Waals surface area (Å²) in [4.78, 5) is 13.9. The van der Waals surface area contributed by atoms with Gasteiger partial charge in [0.1, 0.15) is 35.8 Å². The number of aliphatic hydroxyl groups is 3. The Morgan fingerprint density at radius 3 is 2.75 bits per heavy atom. The van der Waals surface area contributed by atoms with Gasteiger partial charge >= 0.3 is 0 Å². The summed E-state index contributed by atoms with van der Waals surface area (Å²) in [5, 5.41) is 31.4. The largest absolute Gasteiger partial charge is 0.394 e. The summed E-state index contributed by atoms with van der Waals surface area (Å²) in [6.45, 7) is 1.63. The standard InChI is InChI=1S/C15H16N4O4S/c1-7-2-9(24-4-7)10-11-14(17-5-16-10)19(6-18-11)15-13(22)12(21)8(3-20)23-15/h2,4-6,8,12-13,15,20-22H,3H2,1H3/t8-,12-,13-,15-/m1/s1. The minimum Gasteiger partial charge on any atom is -0.394 e. The van der Waals surface area contributed by atoms with Crippen LogP contribution in [0.1, 0.15) is 11.8 Å². The molecule has 0 radical (unpaired) electrons. The highest BCUT2D eigenvalue weighted by molar-refractivity contribution is 7.13. The summed E-state index contributed by atoms with van der Waals surface area (Å²) in [6, 6.07) is 2.03. The number of aliphatic hydroxyl groups excluding tert-OH is 3. The zero-order valence-corrected chi connectivity index (χ0v) is 13.6. The van der Waals surface area contributed by atoms with Crippen molar-refractivity contribution in [2.75, 3.05) is 6.61 Å². The molecule has 8 nitrogen and oxygen atoms in total. The van der Waals surface area contributed by atoms with Gasteiger partial charge in [-0.3, -0.25) is 4.57 Å². The minimum absolute atomic E-state index is 0.379. The van der Waals surface area contributed by atoms with Gasteiger partial charge in [0.05, 0.1) is 17.8 Å². The third kappa shape index (κ3) is 2.33. The molecule has 24 heavy (non-hydrogen) atoms. The fraction of sp³-hybridized carbons (Fsp3) is 0.400. The van der Waals surface area contributed by atoms with E-state index < -0.39 is 24.5 Å². The molecule has 1 fully saturated rings. The predicted octanol–water partition coefficient (Wildman–Crippen LogP) is 0.475. The normalized spacial score (nSPS) is 27.2. The van der Waals surface area contributed by atoms with Crippen LogP contribution in [0.4, 0.5) is 0 Å². The van der Waals surface area contributed by atoms with Crippen LogP contribution < -0.4 is 0 Å². The molecule has 0 unspecified atom stereocenters. The second kappa shape index (κ2) is 5.87. The summed E-state index contributed by atoms with van der Waals surface area (Å²) >= 11 is 1.57. The SMILES string of the molecule is Cc1csc(-c2ncnc3c2ncn3[C@@H]2O[C@H](CO)[C@@H](O)[C@H]2O)c1. The van der Waals surface area contributed by atoms with Gasteiger partial charge in [0.15, 0.2) is 11.9 Å². The van der Waals surface area contributed by atoms with Crippen molar-refractivity contribution in [3.8, 4) is 10.6 Å².